The van der Waals surface area contributed by atoms with E-state index in [0.29, 0.717) is 6.04 Å². The molecular formula is C16H21N3O. The summed E-state index contributed by atoms with van der Waals surface area (Å²) in [6.45, 7) is 5.85. The first-order valence-electron chi connectivity index (χ1n) is 6.86. The van der Waals surface area contributed by atoms with Gasteiger partial charge in [-0.25, -0.2) is 0 Å². The molecule has 0 amide bonds. The van der Waals surface area contributed by atoms with Crippen LogP contribution in [-0.4, -0.2) is 20.5 Å². The molecule has 0 aliphatic heterocycles. The number of pyridine rings is 2. The van der Waals surface area contributed by atoms with Crippen molar-refractivity contribution in [3.8, 4) is 0 Å². The van der Waals surface area contributed by atoms with Crippen LogP contribution in [0.25, 0.3) is 0 Å². The maximum Gasteiger partial charge on any atom is 0.250 e. The summed E-state index contributed by atoms with van der Waals surface area (Å²) >= 11 is 0. The highest BCUT2D eigenvalue weighted by Gasteiger charge is 2.12. The van der Waals surface area contributed by atoms with E-state index in [1.54, 1.807) is 17.7 Å². The van der Waals surface area contributed by atoms with Gasteiger partial charge in [0.1, 0.15) is 0 Å². The summed E-state index contributed by atoms with van der Waals surface area (Å²) in [5.74, 6) is 0. The molecule has 0 aliphatic carbocycles. The Morgan fingerprint density at radius 1 is 1.25 bits per heavy atom. The van der Waals surface area contributed by atoms with E-state index in [2.05, 4.69) is 23.7 Å². The Balaban J connectivity index is 2.13. The minimum atomic E-state index is 0.0315. The number of aryl methyl sites for hydroxylation is 1. The van der Waals surface area contributed by atoms with Gasteiger partial charge < -0.3 is 4.57 Å². The smallest absolute Gasteiger partial charge is 0.250 e. The summed E-state index contributed by atoms with van der Waals surface area (Å²) in [5, 5.41) is 0. The van der Waals surface area contributed by atoms with Gasteiger partial charge in [-0.3, -0.25) is 14.7 Å². The fourth-order valence-electron chi connectivity index (χ4n) is 2.04. The molecule has 0 aromatic carbocycles. The quantitative estimate of drug-likeness (QED) is 0.836. The van der Waals surface area contributed by atoms with Crippen LogP contribution in [0.5, 0.6) is 0 Å². The third-order valence-electron chi connectivity index (χ3n) is 3.38. The molecule has 0 fully saturated rings. The maximum atomic E-state index is 11.7. The molecule has 20 heavy (non-hydrogen) atoms. The Kier molecular flexibility index (Phi) is 4.69. The maximum absolute atomic E-state index is 11.7. The van der Waals surface area contributed by atoms with Crippen molar-refractivity contribution in [2.45, 2.75) is 33.0 Å². The van der Waals surface area contributed by atoms with Crippen molar-refractivity contribution in [1.29, 1.82) is 0 Å². The van der Waals surface area contributed by atoms with Gasteiger partial charge in [0.25, 0.3) is 5.56 Å². The van der Waals surface area contributed by atoms with Gasteiger partial charge in [0.05, 0.1) is 5.69 Å². The van der Waals surface area contributed by atoms with Crippen LogP contribution in [0.3, 0.4) is 0 Å². The summed E-state index contributed by atoms with van der Waals surface area (Å²) in [6, 6.07) is 10.0. The van der Waals surface area contributed by atoms with E-state index in [1.807, 2.05) is 36.7 Å². The highest BCUT2D eigenvalue weighted by Crippen LogP contribution is 2.10. The minimum Gasteiger partial charge on any atom is -0.319 e. The zero-order chi connectivity index (χ0) is 14.5. The first kappa shape index (κ1) is 14.5. The lowest BCUT2D eigenvalue weighted by Crippen LogP contribution is -2.30. The van der Waals surface area contributed by atoms with Crippen molar-refractivity contribution >= 4 is 0 Å². The predicted octanol–water partition coefficient (Wildman–Crippen LogP) is 2.19. The Morgan fingerprint density at radius 2 is 2.05 bits per heavy atom. The van der Waals surface area contributed by atoms with E-state index in [9.17, 15) is 4.79 Å². The third kappa shape index (κ3) is 3.78. The summed E-state index contributed by atoms with van der Waals surface area (Å²) in [6.07, 6.45) is 3.63. The first-order valence-corrected chi connectivity index (χ1v) is 6.86. The standard InChI is InChI=1S/C16H21N3O/c1-13(2)19(12-15-6-4-5-8-17-15)11-14-7-9-18(3)16(20)10-14/h4-10,13H,11-12H2,1-3H3. The lowest BCUT2D eigenvalue weighted by atomic mass is 10.2. The monoisotopic (exact) mass is 271 g/mol. The Morgan fingerprint density at radius 3 is 2.65 bits per heavy atom. The lowest BCUT2D eigenvalue weighted by Gasteiger charge is -2.26. The normalized spacial score (nSPS) is 11.2. The largest absolute Gasteiger partial charge is 0.319 e. The van der Waals surface area contributed by atoms with Crippen molar-refractivity contribution in [3.63, 3.8) is 0 Å². The zero-order valence-corrected chi connectivity index (χ0v) is 12.3. The molecule has 0 radical (unpaired) electrons. The highest BCUT2D eigenvalue weighted by atomic mass is 16.1. The molecule has 2 aromatic heterocycles. The average Bonchev–Trinajstić information content (AvgIpc) is 2.43. The number of hydrogen-bond donors (Lipinski definition) is 0. The molecule has 0 spiro atoms. The predicted molar refractivity (Wildman–Crippen MR) is 80.3 cm³/mol. The van der Waals surface area contributed by atoms with Gasteiger partial charge in [-0.1, -0.05) is 6.07 Å². The summed E-state index contributed by atoms with van der Waals surface area (Å²) in [4.78, 5) is 18.4. The molecule has 0 aliphatic rings. The summed E-state index contributed by atoms with van der Waals surface area (Å²) in [5.41, 5.74) is 2.12. The van der Waals surface area contributed by atoms with Crippen LogP contribution in [0.4, 0.5) is 0 Å². The fourth-order valence-corrected chi connectivity index (χ4v) is 2.04. The topological polar surface area (TPSA) is 38.1 Å². The molecule has 0 unspecified atom stereocenters. The number of rotatable bonds is 5. The molecule has 4 heteroatoms. The molecule has 0 atom stereocenters. The molecule has 4 nitrogen and oxygen atoms in total. The Labute approximate surface area is 119 Å². The van der Waals surface area contributed by atoms with Crippen LogP contribution < -0.4 is 5.56 Å². The second-order valence-electron chi connectivity index (χ2n) is 5.30. The molecule has 2 aromatic rings. The van der Waals surface area contributed by atoms with Crippen molar-refractivity contribution in [3.05, 3.63) is 64.3 Å². The van der Waals surface area contributed by atoms with Gasteiger partial charge in [-0.05, 0) is 37.6 Å². The Hall–Kier alpha value is -1.94. The Bertz CT molecular complexity index is 605. The lowest BCUT2D eigenvalue weighted by molar-refractivity contribution is 0.201. The number of nitrogens with zero attached hydrogens (tertiary/aromatic N) is 3. The van der Waals surface area contributed by atoms with Gasteiger partial charge in [0.15, 0.2) is 0 Å². The van der Waals surface area contributed by atoms with Crippen LogP contribution in [0, 0.1) is 0 Å². The fraction of sp³-hybridized carbons (Fsp3) is 0.375. The van der Waals surface area contributed by atoms with E-state index in [1.165, 1.54) is 0 Å². The molecular weight excluding hydrogens is 250 g/mol. The van der Waals surface area contributed by atoms with Crippen molar-refractivity contribution in [2.75, 3.05) is 0 Å². The van der Waals surface area contributed by atoms with Crippen LogP contribution in [-0.2, 0) is 20.1 Å². The summed E-state index contributed by atoms with van der Waals surface area (Å²) < 4.78 is 1.59. The second kappa shape index (κ2) is 6.48. The van der Waals surface area contributed by atoms with Crippen LogP contribution >= 0.6 is 0 Å². The number of hydrogen-bond acceptors (Lipinski definition) is 3. The van der Waals surface area contributed by atoms with Gasteiger partial charge in [-0.15, -0.1) is 0 Å². The molecule has 0 saturated heterocycles. The SMILES string of the molecule is CC(C)N(Cc1ccn(C)c(=O)c1)Cc1ccccn1. The number of aromatic nitrogens is 2. The van der Waals surface area contributed by atoms with Crippen molar-refractivity contribution in [2.24, 2.45) is 7.05 Å². The van der Waals surface area contributed by atoms with Crippen LogP contribution in [0.2, 0.25) is 0 Å². The molecule has 0 saturated carbocycles. The zero-order valence-electron chi connectivity index (χ0n) is 12.3. The first-order chi connectivity index (χ1) is 9.56. The van der Waals surface area contributed by atoms with E-state index in [0.717, 1.165) is 24.3 Å². The van der Waals surface area contributed by atoms with E-state index >= 15 is 0 Å². The van der Waals surface area contributed by atoms with Crippen molar-refractivity contribution < 1.29 is 0 Å². The van der Waals surface area contributed by atoms with E-state index in [-0.39, 0.29) is 5.56 Å². The minimum absolute atomic E-state index is 0.0315. The van der Waals surface area contributed by atoms with Crippen LogP contribution in [0.1, 0.15) is 25.1 Å². The van der Waals surface area contributed by atoms with Gasteiger partial charge in [-0.2, -0.15) is 0 Å². The molecule has 0 bridgehead atoms. The average molecular weight is 271 g/mol. The van der Waals surface area contributed by atoms with Gasteiger partial charge >= 0.3 is 0 Å². The molecule has 106 valence electrons. The van der Waals surface area contributed by atoms with E-state index in [4.69, 9.17) is 0 Å². The van der Waals surface area contributed by atoms with E-state index < -0.39 is 0 Å². The van der Waals surface area contributed by atoms with Crippen LogP contribution in [0.15, 0.2) is 47.5 Å². The molecule has 2 heterocycles. The molecule has 2 rings (SSSR count). The highest BCUT2D eigenvalue weighted by molar-refractivity contribution is 5.11. The van der Waals surface area contributed by atoms with Gasteiger partial charge in [0.2, 0.25) is 0 Å². The second-order valence-corrected chi connectivity index (χ2v) is 5.30. The van der Waals surface area contributed by atoms with Gasteiger partial charge in [0, 0.05) is 44.6 Å². The molecule has 0 N–H and O–H groups in total. The summed E-state index contributed by atoms with van der Waals surface area (Å²) in [7, 11) is 1.76. The van der Waals surface area contributed by atoms with Crippen molar-refractivity contribution in [1.82, 2.24) is 14.5 Å². The third-order valence-corrected chi connectivity index (χ3v) is 3.38.